The molecule has 9 heteroatoms. The number of sulfonamides is 1. The minimum Gasteiger partial charge on any atom is -0.494 e. The van der Waals surface area contributed by atoms with E-state index in [-0.39, 0.29) is 21.4 Å². The molecule has 0 atom stereocenters. The molecule has 1 heterocycles. The number of carbonyl (C=O) groups is 1. The molecule has 1 aliphatic rings. The highest BCUT2D eigenvalue weighted by molar-refractivity contribution is 7.92. The zero-order valence-corrected chi connectivity index (χ0v) is 16.9. The molecule has 1 N–H and O–H groups in total. The summed E-state index contributed by atoms with van der Waals surface area (Å²) in [6, 6.07) is 10.8. The Labute approximate surface area is 169 Å². The number of halogens is 1. The van der Waals surface area contributed by atoms with Crippen LogP contribution in [-0.4, -0.2) is 52.1 Å². The molecular formula is C19H21ClN2O5S. The molecule has 1 fully saturated rings. The fraction of sp³-hybridized carbons (Fsp3) is 0.316. The number of amides is 1. The molecule has 0 aromatic heterocycles. The van der Waals surface area contributed by atoms with Gasteiger partial charge in [0.15, 0.2) is 0 Å². The Morgan fingerprint density at radius 2 is 1.86 bits per heavy atom. The molecule has 0 saturated carbocycles. The molecule has 1 saturated heterocycles. The Hall–Kier alpha value is -2.29. The average molecular weight is 425 g/mol. The third kappa shape index (κ3) is 4.76. The van der Waals surface area contributed by atoms with E-state index in [0.29, 0.717) is 44.3 Å². The zero-order chi connectivity index (χ0) is 20.1. The van der Waals surface area contributed by atoms with Gasteiger partial charge in [-0.25, -0.2) is 8.42 Å². The molecule has 0 unspecified atom stereocenters. The van der Waals surface area contributed by atoms with Crippen molar-refractivity contribution in [3.05, 3.63) is 53.1 Å². The van der Waals surface area contributed by atoms with Crippen LogP contribution in [0.1, 0.15) is 17.3 Å². The highest BCUT2D eigenvalue weighted by Gasteiger charge is 2.23. The summed E-state index contributed by atoms with van der Waals surface area (Å²) >= 11 is 6.12. The Balaban J connectivity index is 1.83. The van der Waals surface area contributed by atoms with Gasteiger partial charge in [0.25, 0.3) is 15.9 Å². The first-order chi connectivity index (χ1) is 13.4. The van der Waals surface area contributed by atoms with Crippen molar-refractivity contribution in [1.82, 2.24) is 4.90 Å². The van der Waals surface area contributed by atoms with E-state index >= 15 is 0 Å². The van der Waals surface area contributed by atoms with Gasteiger partial charge in [-0.3, -0.25) is 9.52 Å². The Kier molecular flexibility index (Phi) is 6.43. The lowest BCUT2D eigenvalue weighted by Crippen LogP contribution is -2.40. The number of nitrogens with one attached hydrogen (secondary N) is 1. The van der Waals surface area contributed by atoms with Crippen molar-refractivity contribution in [3.8, 4) is 5.75 Å². The van der Waals surface area contributed by atoms with Crippen LogP contribution in [0.5, 0.6) is 5.75 Å². The van der Waals surface area contributed by atoms with E-state index in [1.165, 1.54) is 18.2 Å². The second kappa shape index (κ2) is 8.81. The second-order valence-corrected chi connectivity index (χ2v) is 8.17. The summed E-state index contributed by atoms with van der Waals surface area (Å²) in [5.41, 5.74) is 0.628. The van der Waals surface area contributed by atoms with Gasteiger partial charge in [0, 0.05) is 24.3 Å². The van der Waals surface area contributed by atoms with Crippen molar-refractivity contribution in [2.75, 3.05) is 37.6 Å². The fourth-order valence-electron chi connectivity index (χ4n) is 2.79. The average Bonchev–Trinajstić information content (AvgIpc) is 2.70. The van der Waals surface area contributed by atoms with Crippen LogP contribution in [0.4, 0.5) is 5.69 Å². The standard InChI is InChI=1S/C19H21ClN2O5S/c1-2-27-16-6-4-15(5-7-16)21-28(24,25)18-13-14(3-8-17(18)20)19(23)22-9-11-26-12-10-22/h3-8,13,21H,2,9-12H2,1H3. The van der Waals surface area contributed by atoms with Crippen LogP contribution >= 0.6 is 11.6 Å². The smallest absolute Gasteiger partial charge is 0.263 e. The van der Waals surface area contributed by atoms with Crippen molar-refractivity contribution >= 4 is 33.2 Å². The first kappa shape index (κ1) is 20.4. The first-order valence-electron chi connectivity index (χ1n) is 8.83. The Morgan fingerprint density at radius 3 is 2.50 bits per heavy atom. The maximum Gasteiger partial charge on any atom is 0.263 e. The molecule has 1 amide bonds. The SMILES string of the molecule is CCOc1ccc(NS(=O)(=O)c2cc(C(=O)N3CCOCC3)ccc2Cl)cc1. The lowest BCUT2D eigenvalue weighted by molar-refractivity contribution is 0.0302. The number of carbonyl (C=O) groups excluding carboxylic acids is 1. The van der Waals surface area contributed by atoms with Gasteiger partial charge in [0.2, 0.25) is 0 Å². The largest absolute Gasteiger partial charge is 0.494 e. The predicted octanol–water partition coefficient (Wildman–Crippen LogP) is 3.01. The molecular weight excluding hydrogens is 404 g/mol. The van der Waals surface area contributed by atoms with Gasteiger partial charge in [-0.1, -0.05) is 11.6 Å². The molecule has 1 aliphatic heterocycles. The molecule has 0 radical (unpaired) electrons. The van der Waals surface area contributed by atoms with Crippen LogP contribution in [0, 0.1) is 0 Å². The lowest BCUT2D eigenvalue weighted by atomic mass is 10.2. The monoisotopic (exact) mass is 424 g/mol. The van der Waals surface area contributed by atoms with Crippen molar-refractivity contribution in [2.45, 2.75) is 11.8 Å². The summed E-state index contributed by atoms with van der Waals surface area (Å²) < 4.78 is 38.7. The molecule has 0 aliphatic carbocycles. The van der Waals surface area contributed by atoms with Gasteiger partial charge in [-0.15, -0.1) is 0 Å². The minimum absolute atomic E-state index is 0.0389. The number of hydrogen-bond donors (Lipinski definition) is 1. The van der Waals surface area contributed by atoms with Crippen LogP contribution in [0.25, 0.3) is 0 Å². The van der Waals surface area contributed by atoms with E-state index < -0.39 is 10.0 Å². The third-order valence-electron chi connectivity index (χ3n) is 4.18. The normalized spacial score (nSPS) is 14.6. The zero-order valence-electron chi connectivity index (χ0n) is 15.4. The van der Waals surface area contributed by atoms with Gasteiger partial charge in [-0.05, 0) is 49.4 Å². The number of morpholine rings is 1. The van der Waals surface area contributed by atoms with Crippen LogP contribution in [0.15, 0.2) is 47.4 Å². The summed E-state index contributed by atoms with van der Waals surface area (Å²) in [4.78, 5) is 14.1. The van der Waals surface area contributed by atoms with Crippen molar-refractivity contribution in [2.24, 2.45) is 0 Å². The maximum atomic E-state index is 12.8. The van der Waals surface area contributed by atoms with Crippen molar-refractivity contribution in [1.29, 1.82) is 0 Å². The summed E-state index contributed by atoms with van der Waals surface area (Å²) in [5, 5.41) is 0.0389. The van der Waals surface area contributed by atoms with E-state index in [9.17, 15) is 13.2 Å². The number of rotatable bonds is 6. The van der Waals surface area contributed by atoms with Gasteiger partial charge < -0.3 is 14.4 Å². The number of ether oxygens (including phenoxy) is 2. The van der Waals surface area contributed by atoms with Crippen molar-refractivity contribution < 1.29 is 22.7 Å². The highest BCUT2D eigenvalue weighted by Crippen LogP contribution is 2.26. The first-order valence-corrected chi connectivity index (χ1v) is 10.7. The predicted molar refractivity (Wildman–Crippen MR) is 107 cm³/mol. The van der Waals surface area contributed by atoms with Gasteiger partial charge in [0.1, 0.15) is 10.6 Å². The number of benzene rings is 2. The van der Waals surface area contributed by atoms with E-state index in [1.807, 2.05) is 6.92 Å². The Bertz CT molecular complexity index is 941. The quantitative estimate of drug-likeness (QED) is 0.770. The second-order valence-electron chi connectivity index (χ2n) is 6.11. The summed E-state index contributed by atoms with van der Waals surface area (Å²) in [6.45, 7) is 4.24. The molecule has 7 nitrogen and oxygen atoms in total. The van der Waals surface area contributed by atoms with Gasteiger partial charge >= 0.3 is 0 Å². The van der Waals surface area contributed by atoms with Crippen molar-refractivity contribution in [3.63, 3.8) is 0 Å². The van der Waals surface area contributed by atoms with E-state index in [4.69, 9.17) is 21.1 Å². The highest BCUT2D eigenvalue weighted by atomic mass is 35.5. The summed E-state index contributed by atoms with van der Waals surface area (Å²) in [7, 11) is -3.97. The molecule has 0 spiro atoms. The van der Waals surface area contributed by atoms with Crippen LogP contribution < -0.4 is 9.46 Å². The van der Waals surface area contributed by atoms with Gasteiger partial charge in [0.05, 0.1) is 24.8 Å². The molecule has 0 bridgehead atoms. The molecule has 150 valence electrons. The molecule has 28 heavy (non-hydrogen) atoms. The topological polar surface area (TPSA) is 84.9 Å². The van der Waals surface area contributed by atoms with Gasteiger partial charge in [-0.2, -0.15) is 0 Å². The number of hydrogen-bond acceptors (Lipinski definition) is 5. The van der Waals surface area contributed by atoms with E-state index in [2.05, 4.69) is 4.72 Å². The number of nitrogens with zero attached hydrogens (tertiary/aromatic N) is 1. The summed E-state index contributed by atoms with van der Waals surface area (Å²) in [5.74, 6) is 0.388. The molecule has 2 aromatic rings. The van der Waals surface area contributed by atoms with Crippen LogP contribution in [0.3, 0.4) is 0 Å². The lowest BCUT2D eigenvalue weighted by Gasteiger charge is -2.27. The molecule has 3 rings (SSSR count). The fourth-order valence-corrected chi connectivity index (χ4v) is 4.37. The van der Waals surface area contributed by atoms with Crippen LogP contribution in [0.2, 0.25) is 5.02 Å². The summed E-state index contributed by atoms with van der Waals surface area (Å²) in [6.07, 6.45) is 0. The van der Waals surface area contributed by atoms with E-state index in [0.717, 1.165) is 0 Å². The maximum absolute atomic E-state index is 12.8. The minimum atomic E-state index is -3.97. The van der Waals surface area contributed by atoms with Crippen LogP contribution in [-0.2, 0) is 14.8 Å². The Morgan fingerprint density at radius 1 is 1.18 bits per heavy atom. The third-order valence-corrected chi connectivity index (χ3v) is 6.05. The molecule has 2 aromatic carbocycles. The van der Waals surface area contributed by atoms with E-state index in [1.54, 1.807) is 29.2 Å². The number of anilines is 1.